The Bertz CT molecular complexity index is 977. The maximum atomic E-state index is 14.2. The summed E-state index contributed by atoms with van der Waals surface area (Å²) < 4.78 is 218. The molecule has 0 spiro atoms. The van der Waals surface area contributed by atoms with Gasteiger partial charge in [-0.15, -0.1) is 0 Å². The van der Waals surface area contributed by atoms with Crippen LogP contribution in [0.4, 0.5) is 70.2 Å². The number of halogens is 16. The second-order valence-corrected chi connectivity index (χ2v) is 9.17. The van der Waals surface area contributed by atoms with E-state index in [1.807, 2.05) is 6.92 Å². The Morgan fingerprint density at radius 2 is 1.14 bits per heavy atom. The first-order valence-corrected chi connectivity index (χ1v) is 12.2. The van der Waals surface area contributed by atoms with E-state index >= 15 is 0 Å². The van der Waals surface area contributed by atoms with Crippen molar-refractivity contribution in [3.63, 3.8) is 0 Å². The van der Waals surface area contributed by atoms with Crippen LogP contribution in [0.15, 0.2) is 18.2 Å². The minimum absolute atomic E-state index is 0.0261. The van der Waals surface area contributed by atoms with Crippen molar-refractivity contribution in [1.82, 2.24) is 0 Å². The molecule has 18 heteroatoms. The largest absolute Gasteiger partial charge is 0.460 e. The van der Waals surface area contributed by atoms with Crippen molar-refractivity contribution in [2.45, 2.75) is 113 Å². The molecule has 1 radical (unpaired) electrons. The lowest BCUT2D eigenvalue weighted by Gasteiger charge is -2.38. The van der Waals surface area contributed by atoms with Crippen molar-refractivity contribution in [3.8, 4) is 5.75 Å². The van der Waals surface area contributed by atoms with Crippen LogP contribution in [-0.4, -0.2) is 48.4 Å². The van der Waals surface area contributed by atoms with Gasteiger partial charge in [-0.1, -0.05) is 64.0 Å². The maximum absolute atomic E-state index is 14.2. The van der Waals surface area contributed by atoms with Gasteiger partial charge in [0.25, 0.3) is 0 Å². The third-order valence-corrected chi connectivity index (χ3v) is 5.88. The molecule has 0 fully saturated rings. The first-order valence-electron chi connectivity index (χ1n) is 12.2. The van der Waals surface area contributed by atoms with Gasteiger partial charge in [-0.3, -0.25) is 0 Å². The van der Waals surface area contributed by atoms with Crippen LogP contribution in [0, 0.1) is 6.07 Å². The number of aryl methyl sites for hydroxylation is 1. The van der Waals surface area contributed by atoms with Crippen molar-refractivity contribution in [2.75, 3.05) is 0 Å². The molecule has 0 bridgehead atoms. The Hall–Kier alpha value is -2.14. The van der Waals surface area contributed by atoms with Crippen LogP contribution >= 0.6 is 0 Å². The summed E-state index contributed by atoms with van der Waals surface area (Å²) in [6, 6.07) is 5.09. The molecule has 1 atom stereocenters. The average molecular weight is 649 g/mol. The van der Waals surface area contributed by atoms with E-state index in [1.165, 1.54) is 4.74 Å². The summed E-state index contributed by atoms with van der Waals surface area (Å²) >= 11 is 0. The molecule has 0 saturated carbocycles. The number of ether oxygens (including phenoxy) is 2. The van der Waals surface area contributed by atoms with Gasteiger partial charge in [0.2, 0.25) is 0 Å². The van der Waals surface area contributed by atoms with Gasteiger partial charge in [-0.25, -0.2) is 4.74 Å². The van der Waals surface area contributed by atoms with E-state index < -0.39 is 54.2 Å². The summed E-state index contributed by atoms with van der Waals surface area (Å²) in [7, 11) is 0. The van der Waals surface area contributed by atoms with E-state index in [9.17, 15) is 70.2 Å². The van der Waals surface area contributed by atoms with Gasteiger partial charge in [0.1, 0.15) is 5.75 Å². The molecule has 0 heterocycles. The predicted octanol–water partition coefficient (Wildman–Crippen LogP) is 10.2. The second kappa shape index (κ2) is 13.7. The van der Waals surface area contributed by atoms with E-state index in [0.29, 0.717) is 18.9 Å². The average Bonchev–Trinajstić information content (AvgIpc) is 2.84. The van der Waals surface area contributed by atoms with Crippen molar-refractivity contribution < 1.29 is 79.7 Å². The summed E-state index contributed by atoms with van der Waals surface area (Å²) in [5.41, 5.74) is -0.106. The molecule has 0 N–H and O–H groups in total. The molecule has 2 nitrogen and oxygen atoms in total. The zero-order chi connectivity index (χ0) is 32.8. The topological polar surface area (TPSA) is 18.5 Å². The summed E-state index contributed by atoms with van der Waals surface area (Å²) in [6.45, 7) is 2.02. The fourth-order valence-electron chi connectivity index (χ4n) is 3.38. The molecule has 42 heavy (non-hydrogen) atoms. The van der Waals surface area contributed by atoms with Gasteiger partial charge in [-0.05, 0) is 30.5 Å². The van der Waals surface area contributed by atoms with Crippen LogP contribution in [0.5, 0.6) is 5.75 Å². The summed E-state index contributed by atoms with van der Waals surface area (Å²) in [4.78, 5) is 0. The molecule has 245 valence electrons. The number of unbranched alkanes of at least 4 members (excludes halogenated alkanes) is 7. The molecule has 0 amide bonds. The van der Waals surface area contributed by atoms with Crippen molar-refractivity contribution in [3.05, 3.63) is 29.8 Å². The number of benzene rings is 1. The smallest absolute Gasteiger partial charge is 0.454 e. The van der Waals surface area contributed by atoms with E-state index in [4.69, 9.17) is 0 Å². The standard InChI is InChI=1S/C24H25F16O2/c1-2-3-4-5-6-7-8-9-12-15-13-10-11-14-16(15)41-17(25)18(26,27)19(28,29)23(37,38)42-24(39,40)21(32,33)20(30,31)22(34,35)36/h10,13-14,17H,2-9,12H2,1H3. The van der Waals surface area contributed by atoms with E-state index in [2.05, 4.69) is 10.8 Å². The molecular weight excluding hydrogens is 624 g/mol. The Labute approximate surface area is 229 Å². The predicted molar refractivity (Wildman–Crippen MR) is 114 cm³/mol. The normalized spacial score (nSPS) is 15.2. The first-order chi connectivity index (χ1) is 18.9. The zero-order valence-corrected chi connectivity index (χ0v) is 21.5. The SMILES string of the molecule is CCCCCCCCCCc1cc[c]cc1OC(F)C(F)(F)C(F)(F)C(F)(F)OC(F)(F)C(F)(F)C(F)(F)C(F)(F)F. The van der Waals surface area contributed by atoms with Gasteiger partial charge in [0.15, 0.2) is 0 Å². The van der Waals surface area contributed by atoms with Gasteiger partial charge < -0.3 is 4.74 Å². The molecule has 0 aliphatic heterocycles. The number of hydrogen-bond acceptors (Lipinski definition) is 2. The number of alkyl halides is 16. The molecule has 0 aliphatic carbocycles. The molecule has 0 saturated heterocycles. The van der Waals surface area contributed by atoms with Gasteiger partial charge in [0.05, 0.1) is 0 Å². The Balaban J connectivity index is 3.07. The van der Waals surface area contributed by atoms with Crippen molar-refractivity contribution >= 4 is 0 Å². The van der Waals surface area contributed by atoms with Gasteiger partial charge >= 0.3 is 48.4 Å². The summed E-state index contributed by atoms with van der Waals surface area (Å²) in [5, 5.41) is 0. The van der Waals surface area contributed by atoms with Gasteiger partial charge in [-0.2, -0.15) is 70.2 Å². The highest BCUT2D eigenvalue weighted by molar-refractivity contribution is 5.33. The summed E-state index contributed by atoms with van der Waals surface area (Å²) in [5.74, 6) is -31.3. The highest BCUT2D eigenvalue weighted by Gasteiger charge is 2.86. The van der Waals surface area contributed by atoms with E-state index in [1.54, 1.807) is 0 Å². The van der Waals surface area contributed by atoms with Crippen LogP contribution in [0.3, 0.4) is 0 Å². The van der Waals surface area contributed by atoms with Crippen molar-refractivity contribution in [2.24, 2.45) is 0 Å². The monoisotopic (exact) mass is 649 g/mol. The maximum Gasteiger partial charge on any atom is 0.460 e. The van der Waals surface area contributed by atoms with Crippen LogP contribution in [0.2, 0.25) is 0 Å². The van der Waals surface area contributed by atoms with E-state index in [-0.39, 0.29) is 12.0 Å². The molecular formula is C24H25F16O2. The molecule has 0 aromatic heterocycles. The number of rotatable bonds is 18. The third-order valence-electron chi connectivity index (χ3n) is 5.88. The Kier molecular flexibility index (Phi) is 12.3. The van der Waals surface area contributed by atoms with Crippen molar-refractivity contribution in [1.29, 1.82) is 0 Å². The van der Waals surface area contributed by atoms with Crippen LogP contribution in [0.1, 0.15) is 63.9 Å². The Morgan fingerprint density at radius 3 is 1.64 bits per heavy atom. The Morgan fingerprint density at radius 1 is 0.667 bits per heavy atom. The fourth-order valence-corrected chi connectivity index (χ4v) is 3.38. The first kappa shape index (κ1) is 37.9. The summed E-state index contributed by atoms with van der Waals surface area (Å²) in [6.07, 6.45) is -21.4. The minimum atomic E-state index is -8.02. The van der Waals surface area contributed by atoms with Crippen LogP contribution < -0.4 is 4.74 Å². The molecule has 0 aliphatic rings. The lowest BCUT2D eigenvalue weighted by Crippen LogP contribution is -2.67. The lowest BCUT2D eigenvalue weighted by atomic mass is 10.0. The zero-order valence-electron chi connectivity index (χ0n) is 21.5. The quantitative estimate of drug-likeness (QED) is 0.116. The molecule has 1 unspecified atom stereocenters. The van der Waals surface area contributed by atoms with Crippen LogP contribution in [-0.2, 0) is 11.2 Å². The minimum Gasteiger partial charge on any atom is -0.454 e. The lowest BCUT2D eigenvalue weighted by molar-refractivity contribution is -0.516. The highest BCUT2D eigenvalue weighted by Crippen LogP contribution is 2.57. The van der Waals surface area contributed by atoms with Gasteiger partial charge in [0, 0.05) is 0 Å². The van der Waals surface area contributed by atoms with E-state index in [0.717, 1.165) is 50.7 Å². The molecule has 1 aromatic carbocycles. The van der Waals surface area contributed by atoms with Crippen LogP contribution in [0.25, 0.3) is 0 Å². The fraction of sp³-hybridized carbons (Fsp3) is 0.750. The number of hydrogen-bond donors (Lipinski definition) is 0. The highest BCUT2D eigenvalue weighted by atomic mass is 19.4. The molecule has 1 rings (SSSR count). The molecule has 1 aromatic rings. The third kappa shape index (κ3) is 8.07. The second-order valence-electron chi connectivity index (χ2n) is 9.17.